The molecule has 0 spiro atoms. The molecular weight excluding hydrogens is 372 g/mol. The number of benzene rings is 1. The van der Waals surface area contributed by atoms with E-state index in [1.54, 1.807) is 0 Å². The van der Waals surface area contributed by atoms with Gasteiger partial charge in [0.25, 0.3) is 0 Å². The molecule has 0 saturated carbocycles. The number of rotatable bonds is 2. The first-order chi connectivity index (χ1) is 10.1. The Hall–Kier alpha value is -0.820. The molecule has 0 aliphatic carbocycles. The first kappa shape index (κ1) is 17.5. The molecule has 1 amide bonds. The second-order valence-corrected chi connectivity index (χ2v) is 6.53. The largest absolute Gasteiger partial charge is 0.493 e. The van der Waals surface area contributed by atoms with Crippen molar-refractivity contribution >= 4 is 34.2 Å². The van der Waals surface area contributed by atoms with Crippen molar-refractivity contribution in [2.24, 2.45) is 5.73 Å². The van der Waals surface area contributed by atoms with Gasteiger partial charge in [-0.15, -0.1) is 12.4 Å². The van der Waals surface area contributed by atoms with E-state index in [1.807, 2.05) is 18.2 Å². The van der Waals surface area contributed by atoms with Gasteiger partial charge in [-0.05, 0) is 31.0 Å². The highest BCUT2D eigenvalue weighted by Crippen LogP contribution is 2.34. The number of hydrogen-bond donors (Lipinski definition) is 2. The SMILES string of the molecule is Cl.NC1(C(=O)NC2CCOc3ccc(Br)cc32)CCOCC1. The average molecular weight is 392 g/mol. The highest BCUT2D eigenvalue weighted by atomic mass is 79.9. The van der Waals surface area contributed by atoms with Crippen molar-refractivity contribution in [2.75, 3.05) is 19.8 Å². The monoisotopic (exact) mass is 390 g/mol. The summed E-state index contributed by atoms with van der Waals surface area (Å²) in [5.41, 5.74) is 6.42. The van der Waals surface area contributed by atoms with E-state index >= 15 is 0 Å². The van der Waals surface area contributed by atoms with Crippen molar-refractivity contribution in [3.63, 3.8) is 0 Å². The third-order valence-corrected chi connectivity index (χ3v) is 4.65. The van der Waals surface area contributed by atoms with Crippen LogP contribution in [0.25, 0.3) is 0 Å². The summed E-state index contributed by atoms with van der Waals surface area (Å²) in [7, 11) is 0. The molecule has 7 heteroatoms. The summed E-state index contributed by atoms with van der Waals surface area (Å²) in [5.74, 6) is 0.733. The molecule has 1 unspecified atom stereocenters. The Morgan fingerprint density at radius 1 is 1.32 bits per heavy atom. The van der Waals surface area contributed by atoms with Crippen LogP contribution in [0.1, 0.15) is 30.9 Å². The lowest BCUT2D eigenvalue weighted by molar-refractivity contribution is -0.130. The van der Waals surface area contributed by atoms with Crippen molar-refractivity contribution in [3.8, 4) is 5.75 Å². The third kappa shape index (κ3) is 3.56. The van der Waals surface area contributed by atoms with Crippen molar-refractivity contribution in [1.29, 1.82) is 0 Å². The topological polar surface area (TPSA) is 73.6 Å². The minimum atomic E-state index is -0.817. The van der Waals surface area contributed by atoms with E-state index in [0.717, 1.165) is 22.2 Å². The molecule has 3 N–H and O–H groups in total. The van der Waals surface area contributed by atoms with Crippen LogP contribution in [0.4, 0.5) is 0 Å². The van der Waals surface area contributed by atoms with Crippen LogP contribution in [-0.2, 0) is 9.53 Å². The van der Waals surface area contributed by atoms with E-state index in [4.69, 9.17) is 15.2 Å². The van der Waals surface area contributed by atoms with Crippen LogP contribution in [0.2, 0.25) is 0 Å². The summed E-state index contributed by atoms with van der Waals surface area (Å²) in [6, 6.07) is 5.80. The van der Waals surface area contributed by atoms with Crippen molar-refractivity contribution < 1.29 is 14.3 Å². The van der Waals surface area contributed by atoms with Gasteiger partial charge in [-0.25, -0.2) is 0 Å². The fourth-order valence-corrected chi connectivity index (χ4v) is 3.16. The summed E-state index contributed by atoms with van der Waals surface area (Å²) in [5, 5.41) is 3.09. The molecule has 22 heavy (non-hydrogen) atoms. The second kappa shape index (κ2) is 7.17. The highest BCUT2D eigenvalue weighted by molar-refractivity contribution is 9.10. The van der Waals surface area contributed by atoms with E-state index in [0.29, 0.717) is 32.7 Å². The Bertz CT molecular complexity index is 550. The van der Waals surface area contributed by atoms with E-state index in [1.165, 1.54) is 0 Å². The predicted octanol–water partition coefficient (Wildman–Crippen LogP) is 2.32. The number of amides is 1. The van der Waals surface area contributed by atoms with Crippen LogP contribution >= 0.6 is 28.3 Å². The van der Waals surface area contributed by atoms with Gasteiger partial charge >= 0.3 is 0 Å². The number of ether oxygens (including phenoxy) is 2. The molecule has 1 aromatic carbocycles. The van der Waals surface area contributed by atoms with E-state index in [-0.39, 0.29) is 24.4 Å². The fourth-order valence-electron chi connectivity index (χ4n) is 2.78. The summed E-state index contributed by atoms with van der Waals surface area (Å²) in [4.78, 5) is 12.5. The van der Waals surface area contributed by atoms with Gasteiger partial charge in [-0.2, -0.15) is 0 Å². The molecule has 3 rings (SSSR count). The first-order valence-corrected chi connectivity index (χ1v) is 7.98. The molecular formula is C15H20BrClN2O3. The molecule has 122 valence electrons. The van der Waals surface area contributed by atoms with Gasteiger partial charge in [-0.1, -0.05) is 15.9 Å². The Morgan fingerprint density at radius 3 is 2.77 bits per heavy atom. The van der Waals surface area contributed by atoms with E-state index < -0.39 is 5.54 Å². The minimum absolute atomic E-state index is 0. The first-order valence-electron chi connectivity index (χ1n) is 7.18. The molecule has 0 bridgehead atoms. The number of hydrogen-bond acceptors (Lipinski definition) is 4. The van der Waals surface area contributed by atoms with Gasteiger partial charge in [0.05, 0.1) is 18.2 Å². The third-order valence-electron chi connectivity index (χ3n) is 4.15. The number of fused-ring (bicyclic) bond motifs is 1. The summed E-state index contributed by atoms with van der Waals surface area (Å²) < 4.78 is 11.9. The van der Waals surface area contributed by atoms with E-state index in [2.05, 4.69) is 21.2 Å². The fraction of sp³-hybridized carbons (Fsp3) is 0.533. The molecule has 0 radical (unpaired) electrons. The number of carbonyl (C=O) groups excluding carboxylic acids is 1. The number of halogens is 2. The second-order valence-electron chi connectivity index (χ2n) is 5.61. The summed E-state index contributed by atoms with van der Waals surface area (Å²) in [6.45, 7) is 1.68. The molecule has 2 heterocycles. The van der Waals surface area contributed by atoms with Gasteiger partial charge in [0, 0.05) is 29.7 Å². The normalized spacial score (nSPS) is 22.7. The average Bonchev–Trinajstić information content (AvgIpc) is 2.48. The van der Waals surface area contributed by atoms with Crippen molar-refractivity contribution in [1.82, 2.24) is 5.32 Å². The summed E-state index contributed by atoms with van der Waals surface area (Å²) >= 11 is 3.46. The standard InChI is InChI=1S/C15H19BrN2O3.ClH/c16-10-1-2-13-11(9-10)12(3-6-21-13)18-14(19)15(17)4-7-20-8-5-15;/h1-2,9,12H,3-8,17H2,(H,18,19);1H. The lowest BCUT2D eigenvalue weighted by Crippen LogP contribution is -2.57. The minimum Gasteiger partial charge on any atom is -0.493 e. The van der Waals surface area contributed by atoms with Crippen LogP contribution in [0.15, 0.2) is 22.7 Å². The van der Waals surface area contributed by atoms with Crippen molar-refractivity contribution in [3.05, 3.63) is 28.2 Å². The van der Waals surface area contributed by atoms with Crippen LogP contribution in [0.5, 0.6) is 5.75 Å². The maximum Gasteiger partial charge on any atom is 0.240 e. The molecule has 1 saturated heterocycles. The molecule has 2 aliphatic heterocycles. The summed E-state index contributed by atoms with van der Waals surface area (Å²) in [6.07, 6.45) is 1.88. The molecule has 5 nitrogen and oxygen atoms in total. The smallest absolute Gasteiger partial charge is 0.240 e. The van der Waals surface area contributed by atoms with Crippen LogP contribution < -0.4 is 15.8 Å². The predicted molar refractivity (Wildman–Crippen MR) is 89.4 cm³/mol. The van der Waals surface area contributed by atoms with Crippen molar-refractivity contribution in [2.45, 2.75) is 30.8 Å². The lowest BCUT2D eigenvalue weighted by atomic mass is 9.89. The molecule has 0 aromatic heterocycles. The Kier molecular flexibility index (Phi) is 5.71. The van der Waals surface area contributed by atoms with Crippen LogP contribution in [0, 0.1) is 0 Å². The van der Waals surface area contributed by atoms with Gasteiger partial charge in [0.2, 0.25) is 5.91 Å². The maximum atomic E-state index is 12.5. The molecule has 1 aromatic rings. The van der Waals surface area contributed by atoms with E-state index in [9.17, 15) is 4.79 Å². The van der Waals surface area contributed by atoms with Crippen LogP contribution in [0.3, 0.4) is 0 Å². The number of nitrogens with two attached hydrogens (primary N) is 1. The van der Waals surface area contributed by atoms with Gasteiger partial charge in [0.15, 0.2) is 0 Å². The molecule has 1 atom stereocenters. The highest BCUT2D eigenvalue weighted by Gasteiger charge is 2.37. The Labute approximate surface area is 144 Å². The van der Waals surface area contributed by atoms with Gasteiger partial charge in [-0.3, -0.25) is 4.79 Å². The van der Waals surface area contributed by atoms with Crippen LogP contribution in [-0.4, -0.2) is 31.3 Å². The van der Waals surface area contributed by atoms with Gasteiger partial charge < -0.3 is 20.5 Å². The lowest BCUT2D eigenvalue weighted by Gasteiger charge is -2.35. The number of nitrogens with one attached hydrogen (secondary N) is 1. The molecule has 1 fully saturated rings. The molecule has 2 aliphatic rings. The zero-order chi connectivity index (χ0) is 14.9. The Morgan fingerprint density at radius 2 is 2.05 bits per heavy atom. The maximum absolute atomic E-state index is 12.5. The van der Waals surface area contributed by atoms with Gasteiger partial charge in [0.1, 0.15) is 5.75 Å². The quantitative estimate of drug-likeness (QED) is 0.811. The number of carbonyl (C=O) groups is 1. The Balaban J connectivity index is 0.00000176. The zero-order valence-electron chi connectivity index (χ0n) is 12.1. The zero-order valence-corrected chi connectivity index (χ0v) is 14.5.